The molecule has 0 aromatic carbocycles. The number of nitrogens with one attached hydrogen (secondary N) is 5. The number of hydrogen-bond donors (Lipinski definition) is 8. The molecular weight excluding hydrogens is 426 g/mol. The van der Waals surface area contributed by atoms with Gasteiger partial charge in [-0.1, -0.05) is 0 Å². The van der Waals surface area contributed by atoms with Gasteiger partial charge in [0.2, 0.25) is 23.6 Å². The highest BCUT2D eigenvalue weighted by atomic mass is 16.4. The zero-order valence-electron chi connectivity index (χ0n) is 17.2. The van der Waals surface area contributed by atoms with Crippen LogP contribution in [0.5, 0.6) is 0 Å². The van der Waals surface area contributed by atoms with E-state index in [0.29, 0.717) is 18.7 Å². The Hall–Kier alpha value is -3.52. The van der Waals surface area contributed by atoms with E-state index in [-0.39, 0.29) is 6.42 Å². The summed E-state index contributed by atoms with van der Waals surface area (Å²) in [5, 5.41) is 28.7. The summed E-state index contributed by atoms with van der Waals surface area (Å²) in [6.45, 7) is -0.106. The summed E-state index contributed by atoms with van der Waals surface area (Å²) in [6.07, 6.45) is 3.35. The third-order valence-corrected chi connectivity index (χ3v) is 4.82. The van der Waals surface area contributed by atoms with Gasteiger partial charge in [-0.05, 0) is 19.4 Å². The molecule has 9 N–H and O–H groups in total. The first-order chi connectivity index (χ1) is 15.2. The number of carboxylic acid groups (broad SMARTS) is 1. The number of H-pyrrole nitrogens is 1. The number of amides is 4. The summed E-state index contributed by atoms with van der Waals surface area (Å²) in [5.41, 5.74) is 5.59. The van der Waals surface area contributed by atoms with Crippen LogP contribution in [0.4, 0.5) is 0 Å². The molecule has 1 aromatic rings. The molecule has 1 aromatic heterocycles. The van der Waals surface area contributed by atoms with Crippen LogP contribution in [0.1, 0.15) is 25.0 Å². The lowest BCUT2D eigenvalue weighted by molar-refractivity contribution is -0.142. The maximum Gasteiger partial charge on any atom is 0.326 e. The van der Waals surface area contributed by atoms with E-state index in [0.717, 1.165) is 6.42 Å². The molecule has 0 bridgehead atoms. The fourth-order valence-electron chi connectivity index (χ4n) is 3.15. The van der Waals surface area contributed by atoms with Crippen LogP contribution in [0.15, 0.2) is 12.5 Å². The molecule has 0 spiro atoms. The molecule has 14 heteroatoms. The lowest BCUT2D eigenvalue weighted by Gasteiger charge is -2.23. The van der Waals surface area contributed by atoms with Crippen LogP contribution >= 0.6 is 0 Å². The zero-order valence-corrected chi connectivity index (χ0v) is 17.2. The number of carbonyl (C=O) groups excluding carboxylic acids is 4. The van der Waals surface area contributed by atoms with Crippen molar-refractivity contribution in [1.29, 1.82) is 0 Å². The maximum atomic E-state index is 12.6. The van der Waals surface area contributed by atoms with Gasteiger partial charge in [-0.3, -0.25) is 19.2 Å². The topological polar surface area (TPSA) is 229 Å². The number of carboxylic acids is 1. The molecular formula is C18H27N7O7. The number of imidazole rings is 1. The molecule has 4 unspecified atom stereocenters. The van der Waals surface area contributed by atoms with Gasteiger partial charge >= 0.3 is 5.97 Å². The standard InChI is InChI=1S/C18H27N7O7/c19-14(27)5-11(16(29)24-12(18(31)32)4-9-6-20-8-22-9)23-17(30)13(7-26)25-15(28)10-2-1-3-21-10/h6,8,10-13,21,26H,1-5,7H2,(H2,19,27)(H,20,22)(H,23,30)(H,24,29)(H,25,28)(H,31,32). The molecule has 1 aliphatic rings. The third-order valence-electron chi connectivity index (χ3n) is 4.82. The smallest absolute Gasteiger partial charge is 0.326 e. The maximum absolute atomic E-state index is 12.6. The van der Waals surface area contributed by atoms with Crippen LogP contribution in [0, 0.1) is 0 Å². The third kappa shape index (κ3) is 7.31. The second-order valence-electron chi connectivity index (χ2n) is 7.30. The van der Waals surface area contributed by atoms with Crippen LogP contribution in [0.25, 0.3) is 0 Å². The van der Waals surface area contributed by atoms with Gasteiger partial charge in [0.25, 0.3) is 0 Å². The Labute approximate surface area is 182 Å². The van der Waals surface area contributed by atoms with E-state index in [4.69, 9.17) is 5.73 Å². The first-order valence-corrected chi connectivity index (χ1v) is 9.95. The minimum atomic E-state index is -1.51. The van der Waals surface area contributed by atoms with Crippen molar-refractivity contribution in [3.05, 3.63) is 18.2 Å². The van der Waals surface area contributed by atoms with Gasteiger partial charge in [-0.2, -0.15) is 0 Å². The minimum Gasteiger partial charge on any atom is -0.480 e. The Kier molecular flexibility index (Phi) is 9.09. The Morgan fingerprint density at radius 2 is 1.81 bits per heavy atom. The van der Waals surface area contributed by atoms with Gasteiger partial charge in [0, 0.05) is 18.3 Å². The Balaban J connectivity index is 2.03. The molecule has 0 aliphatic carbocycles. The fourth-order valence-corrected chi connectivity index (χ4v) is 3.15. The highest BCUT2D eigenvalue weighted by Gasteiger charge is 2.32. The van der Waals surface area contributed by atoms with Crippen molar-refractivity contribution in [2.75, 3.05) is 13.2 Å². The Bertz CT molecular complexity index is 824. The van der Waals surface area contributed by atoms with Crippen LogP contribution < -0.4 is 27.0 Å². The molecule has 2 heterocycles. The van der Waals surface area contributed by atoms with Gasteiger partial charge in [-0.25, -0.2) is 9.78 Å². The Morgan fingerprint density at radius 1 is 1.12 bits per heavy atom. The molecule has 0 radical (unpaired) electrons. The van der Waals surface area contributed by atoms with E-state index in [9.17, 15) is 34.2 Å². The van der Waals surface area contributed by atoms with E-state index in [1.165, 1.54) is 12.5 Å². The number of carbonyl (C=O) groups is 5. The van der Waals surface area contributed by atoms with Gasteiger partial charge in [-0.15, -0.1) is 0 Å². The first-order valence-electron chi connectivity index (χ1n) is 9.95. The van der Waals surface area contributed by atoms with Crippen LogP contribution in [-0.4, -0.2) is 87.1 Å². The number of aliphatic hydroxyl groups is 1. The molecule has 0 saturated carbocycles. The predicted molar refractivity (Wildman–Crippen MR) is 108 cm³/mol. The van der Waals surface area contributed by atoms with Gasteiger partial charge in [0.1, 0.15) is 18.1 Å². The number of aliphatic hydroxyl groups excluding tert-OH is 1. The van der Waals surface area contributed by atoms with Crippen molar-refractivity contribution >= 4 is 29.6 Å². The van der Waals surface area contributed by atoms with Crippen molar-refractivity contribution in [1.82, 2.24) is 31.2 Å². The lowest BCUT2D eigenvalue weighted by atomic mass is 10.1. The second kappa shape index (κ2) is 11.8. The quantitative estimate of drug-likeness (QED) is 0.154. The average molecular weight is 453 g/mol. The summed E-state index contributed by atoms with van der Waals surface area (Å²) in [4.78, 5) is 66.7. The number of hydrogen-bond acceptors (Lipinski definition) is 8. The number of aliphatic carboxylic acids is 1. The van der Waals surface area contributed by atoms with Crippen molar-refractivity contribution in [2.24, 2.45) is 5.73 Å². The lowest BCUT2D eigenvalue weighted by Crippen LogP contribution is -2.58. The first kappa shape index (κ1) is 24.7. The molecule has 1 saturated heterocycles. The average Bonchev–Trinajstić information content (AvgIpc) is 3.44. The zero-order chi connectivity index (χ0) is 23.7. The molecule has 4 atom stereocenters. The molecule has 1 fully saturated rings. The number of primary amides is 1. The molecule has 1 aliphatic heterocycles. The number of nitrogens with two attached hydrogens (primary N) is 1. The van der Waals surface area contributed by atoms with E-state index < -0.39 is 66.8 Å². The highest BCUT2D eigenvalue weighted by Crippen LogP contribution is 2.05. The molecule has 32 heavy (non-hydrogen) atoms. The summed E-state index contributed by atoms with van der Waals surface area (Å²) in [5.74, 6) is -4.66. The molecule has 14 nitrogen and oxygen atoms in total. The summed E-state index contributed by atoms with van der Waals surface area (Å²) in [7, 11) is 0. The van der Waals surface area contributed by atoms with Gasteiger partial charge < -0.3 is 42.2 Å². The number of aromatic amines is 1. The van der Waals surface area contributed by atoms with E-state index >= 15 is 0 Å². The largest absolute Gasteiger partial charge is 0.480 e. The van der Waals surface area contributed by atoms with E-state index in [1.54, 1.807) is 0 Å². The van der Waals surface area contributed by atoms with E-state index in [1.807, 2.05) is 0 Å². The van der Waals surface area contributed by atoms with Gasteiger partial charge in [0.05, 0.1) is 25.4 Å². The minimum absolute atomic E-state index is 0.123. The van der Waals surface area contributed by atoms with Crippen molar-refractivity contribution in [3.8, 4) is 0 Å². The van der Waals surface area contributed by atoms with Crippen LogP contribution in [0.3, 0.4) is 0 Å². The summed E-state index contributed by atoms with van der Waals surface area (Å²) < 4.78 is 0. The molecule has 4 amide bonds. The summed E-state index contributed by atoms with van der Waals surface area (Å²) >= 11 is 0. The molecule has 2 rings (SSSR count). The SMILES string of the molecule is NC(=O)CC(NC(=O)C(CO)NC(=O)C1CCCN1)C(=O)NC(Cc1cnc[nH]1)C(=O)O. The number of nitrogens with zero attached hydrogens (tertiary/aromatic N) is 1. The fraction of sp³-hybridized carbons (Fsp3) is 0.556. The van der Waals surface area contributed by atoms with E-state index in [2.05, 4.69) is 31.2 Å². The van der Waals surface area contributed by atoms with Gasteiger partial charge in [0.15, 0.2) is 0 Å². The van der Waals surface area contributed by atoms with Crippen LogP contribution in [0.2, 0.25) is 0 Å². The number of rotatable bonds is 12. The predicted octanol–water partition coefficient (Wildman–Crippen LogP) is -3.89. The van der Waals surface area contributed by atoms with Crippen LogP contribution in [-0.2, 0) is 30.4 Å². The second-order valence-corrected chi connectivity index (χ2v) is 7.30. The molecule has 176 valence electrons. The number of aromatic nitrogens is 2. The normalized spacial score (nSPS) is 18.2. The van der Waals surface area contributed by atoms with Crippen molar-refractivity contribution < 1.29 is 34.2 Å². The summed E-state index contributed by atoms with van der Waals surface area (Å²) in [6, 6.07) is -4.77. The highest BCUT2D eigenvalue weighted by molar-refractivity contribution is 5.96. The monoisotopic (exact) mass is 453 g/mol. The van der Waals surface area contributed by atoms with Crippen molar-refractivity contribution in [3.63, 3.8) is 0 Å². The van der Waals surface area contributed by atoms with Crippen molar-refractivity contribution in [2.45, 2.75) is 49.9 Å². The Morgan fingerprint density at radius 3 is 2.34 bits per heavy atom.